The lowest BCUT2D eigenvalue weighted by Gasteiger charge is -2.09. The summed E-state index contributed by atoms with van der Waals surface area (Å²) in [5, 5.41) is 12.1. The fourth-order valence-electron chi connectivity index (χ4n) is 3.21. The molecule has 162 valence electrons. The standard InChI is InChI=1S/C24H28ClN5O/c25-19-11-12-21-22(13-16-27-23(21)17-19)26-14-7-2-1-3-8-15-28-24(31)18-29-30-20-9-5-4-6-10-20/h4-6,9-13,16-18,30H,1-3,7-8,14-15H2,(H,26,27)(H,28,31)/b29-18+. The second-order valence-electron chi connectivity index (χ2n) is 7.24. The van der Waals surface area contributed by atoms with Crippen molar-refractivity contribution in [1.29, 1.82) is 0 Å². The zero-order valence-electron chi connectivity index (χ0n) is 17.5. The lowest BCUT2D eigenvalue weighted by Crippen LogP contribution is -2.25. The molecule has 0 radical (unpaired) electrons. The van der Waals surface area contributed by atoms with Crippen LogP contribution in [0.15, 0.2) is 65.9 Å². The van der Waals surface area contributed by atoms with Crippen LogP contribution in [0.4, 0.5) is 11.4 Å². The van der Waals surface area contributed by atoms with E-state index in [9.17, 15) is 4.79 Å². The van der Waals surface area contributed by atoms with Gasteiger partial charge in [0.15, 0.2) is 0 Å². The third kappa shape index (κ3) is 7.90. The van der Waals surface area contributed by atoms with Crippen molar-refractivity contribution in [1.82, 2.24) is 10.3 Å². The summed E-state index contributed by atoms with van der Waals surface area (Å²) < 4.78 is 0. The minimum Gasteiger partial charge on any atom is -0.384 e. The van der Waals surface area contributed by atoms with Gasteiger partial charge in [0, 0.05) is 35.4 Å². The van der Waals surface area contributed by atoms with Gasteiger partial charge >= 0.3 is 0 Å². The predicted octanol–water partition coefficient (Wildman–Crippen LogP) is 5.46. The number of rotatable bonds is 12. The molecule has 0 atom stereocenters. The number of pyridine rings is 1. The number of carbonyl (C=O) groups excluding carboxylic acids is 1. The molecule has 3 aromatic rings. The summed E-state index contributed by atoms with van der Waals surface area (Å²) in [6.45, 7) is 1.59. The molecule has 2 aromatic carbocycles. The lowest BCUT2D eigenvalue weighted by atomic mass is 10.1. The van der Waals surface area contributed by atoms with E-state index in [1.807, 2.05) is 54.6 Å². The quantitative estimate of drug-likeness (QED) is 0.199. The first-order chi connectivity index (χ1) is 15.2. The molecule has 3 rings (SSSR count). The molecule has 0 aliphatic heterocycles. The van der Waals surface area contributed by atoms with Crippen molar-refractivity contribution in [3.8, 4) is 0 Å². The van der Waals surface area contributed by atoms with Crippen LogP contribution in [0.25, 0.3) is 10.9 Å². The first-order valence-corrected chi connectivity index (χ1v) is 11.0. The molecule has 1 heterocycles. The second kappa shape index (κ2) is 12.5. The number of unbranched alkanes of at least 4 members (excludes halogenated alkanes) is 4. The molecule has 0 aliphatic rings. The fourth-order valence-corrected chi connectivity index (χ4v) is 3.38. The molecule has 0 bridgehead atoms. The zero-order chi connectivity index (χ0) is 21.7. The highest BCUT2D eigenvalue weighted by atomic mass is 35.5. The van der Waals surface area contributed by atoms with Crippen LogP contribution in [-0.4, -0.2) is 30.2 Å². The number of anilines is 2. The molecule has 31 heavy (non-hydrogen) atoms. The van der Waals surface area contributed by atoms with Crippen LogP contribution in [0.2, 0.25) is 5.02 Å². The molecule has 0 aliphatic carbocycles. The Bertz CT molecular complexity index is 994. The van der Waals surface area contributed by atoms with Gasteiger partial charge in [-0.2, -0.15) is 5.10 Å². The van der Waals surface area contributed by atoms with E-state index in [-0.39, 0.29) is 5.91 Å². The molecule has 3 N–H and O–H groups in total. The first-order valence-electron chi connectivity index (χ1n) is 10.6. The van der Waals surface area contributed by atoms with E-state index in [1.165, 1.54) is 6.21 Å². The SMILES string of the molecule is O=C(/C=N/Nc1ccccc1)NCCCCCCCNc1ccnc2cc(Cl)ccc12. The van der Waals surface area contributed by atoms with E-state index in [1.54, 1.807) is 6.20 Å². The van der Waals surface area contributed by atoms with Crippen LogP contribution in [0.1, 0.15) is 32.1 Å². The summed E-state index contributed by atoms with van der Waals surface area (Å²) in [4.78, 5) is 16.1. The Morgan fingerprint density at radius 1 is 0.968 bits per heavy atom. The number of carbonyl (C=O) groups is 1. The van der Waals surface area contributed by atoms with Gasteiger partial charge in [0.2, 0.25) is 0 Å². The Balaban J connectivity index is 1.22. The number of halogens is 1. The number of amides is 1. The summed E-state index contributed by atoms with van der Waals surface area (Å²) in [5.41, 5.74) is 5.67. The van der Waals surface area contributed by atoms with E-state index in [4.69, 9.17) is 11.6 Å². The third-order valence-electron chi connectivity index (χ3n) is 4.82. The summed E-state index contributed by atoms with van der Waals surface area (Å²) in [6, 6.07) is 17.3. The van der Waals surface area contributed by atoms with Gasteiger partial charge in [0.1, 0.15) is 6.21 Å². The van der Waals surface area contributed by atoms with Crippen molar-refractivity contribution >= 4 is 46.0 Å². The Morgan fingerprint density at radius 3 is 2.58 bits per heavy atom. The van der Waals surface area contributed by atoms with Crippen molar-refractivity contribution in [3.05, 3.63) is 65.8 Å². The highest BCUT2D eigenvalue weighted by molar-refractivity contribution is 6.31. The van der Waals surface area contributed by atoms with Crippen LogP contribution in [0, 0.1) is 0 Å². The summed E-state index contributed by atoms with van der Waals surface area (Å²) in [5.74, 6) is -0.182. The van der Waals surface area contributed by atoms with E-state index >= 15 is 0 Å². The largest absolute Gasteiger partial charge is 0.384 e. The normalized spacial score (nSPS) is 11.0. The van der Waals surface area contributed by atoms with Gasteiger partial charge in [-0.05, 0) is 49.2 Å². The zero-order valence-corrected chi connectivity index (χ0v) is 18.2. The number of para-hydroxylation sites is 1. The van der Waals surface area contributed by atoms with E-state index < -0.39 is 0 Å². The monoisotopic (exact) mass is 437 g/mol. The summed E-state index contributed by atoms with van der Waals surface area (Å²) in [7, 11) is 0. The number of aromatic nitrogens is 1. The summed E-state index contributed by atoms with van der Waals surface area (Å²) in [6.07, 6.45) is 8.53. The van der Waals surface area contributed by atoms with Crippen molar-refractivity contribution in [2.45, 2.75) is 32.1 Å². The Labute approximate surface area is 188 Å². The number of hydrogen-bond donors (Lipinski definition) is 3. The van der Waals surface area contributed by atoms with E-state index in [2.05, 4.69) is 26.1 Å². The van der Waals surface area contributed by atoms with Gasteiger partial charge in [-0.25, -0.2) is 0 Å². The smallest absolute Gasteiger partial charge is 0.264 e. The molecule has 0 spiro atoms. The molecule has 0 saturated carbocycles. The number of fused-ring (bicyclic) bond motifs is 1. The van der Waals surface area contributed by atoms with Crippen LogP contribution in [-0.2, 0) is 4.79 Å². The minimum atomic E-state index is -0.182. The average molecular weight is 438 g/mol. The number of nitrogens with one attached hydrogen (secondary N) is 3. The van der Waals surface area contributed by atoms with E-state index in [0.717, 1.165) is 60.9 Å². The average Bonchev–Trinajstić information content (AvgIpc) is 2.78. The minimum absolute atomic E-state index is 0.182. The molecule has 6 nitrogen and oxygen atoms in total. The van der Waals surface area contributed by atoms with Crippen molar-refractivity contribution in [3.63, 3.8) is 0 Å². The third-order valence-corrected chi connectivity index (χ3v) is 5.06. The Morgan fingerprint density at radius 2 is 1.74 bits per heavy atom. The highest BCUT2D eigenvalue weighted by Crippen LogP contribution is 2.24. The molecular formula is C24H28ClN5O. The van der Waals surface area contributed by atoms with Crippen molar-refractivity contribution in [2.24, 2.45) is 5.10 Å². The number of hydrazone groups is 1. The van der Waals surface area contributed by atoms with E-state index in [0.29, 0.717) is 11.6 Å². The molecule has 0 unspecified atom stereocenters. The molecule has 1 aromatic heterocycles. The maximum atomic E-state index is 11.7. The van der Waals surface area contributed by atoms with Gasteiger partial charge in [0.05, 0.1) is 11.2 Å². The number of benzene rings is 2. The highest BCUT2D eigenvalue weighted by Gasteiger charge is 2.02. The Kier molecular flexibility index (Phi) is 9.13. The maximum absolute atomic E-state index is 11.7. The lowest BCUT2D eigenvalue weighted by molar-refractivity contribution is -0.114. The molecular weight excluding hydrogens is 410 g/mol. The van der Waals surface area contributed by atoms with Gasteiger partial charge in [0.25, 0.3) is 5.91 Å². The number of nitrogens with zero attached hydrogens (tertiary/aromatic N) is 2. The Hall–Kier alpha value is -3.12. The van der Waals surface area contributed by atoms with Gasteiger partial charge in [-0.3, -0.25) is 15.2 Å². The molecule has 0 fully saturated rings. The van der Waals surface area contributed by atoms with Gasteiger partial charge in [-0.1, -0.05) is 49.1 Å². The van der Waals surface area contributed by atoms with Crippen molar-refractivity contribution < 1.29 is 4.79 Å². The predicted molar refractivity (Wildman–Crippen MR) is 130 cm³/mol. The van der Waals surface area contributed by atoms with Crippen LogP contribution in [0.3, 0.4) is 0 Å². The van der Waals surface area contributed by atoms with Gasteiger partial charge < -0.3 is 10.6 Å². The molecule has 1 amide bonds. The topological polar surface area (TPSA) is 78.4 Å². The van der Waals surface area contributed by atoms with Crippen LogP contribution < -0.4 is 16.1 Å². The van der Waals surface area contributed by atoms with Crippen LogP contribution in [0.5, 0.6) is 0 Å². The van der Waals surface area contributed by atoms with Crippen LogP contribution >= 0.6 is 11.6 Å². The summed E-state index contributed by atoms with van der Waals surface area (Å²) >= 11 is 6.04. The fraction of sp³-hybridized carbons (Fsp3) is 0.292. The second-order valence-corrected chi connectivity index (χ2v) is 7.68. The molecule has 7 heteroatoms. The first kappa shape index (κ1) is 22.6. The maximum Gasteiger partial charge on any atom is 0.264 e. The molecule has 0 saturated heterocycles. The van der Waals surface area contributed by atoms with Crippen molar-refractivity contribution in [2.75, 3.05) is 23.8 Å². The number of hydrogen-bond acceptors (Lipinski definition) is 5. The van der Waals surface area contributed by atoms with Gasteiger partial charge in [-0.15, -0.1) is 0 Å².